The van der Waals surface area contributed by atoms with Crippen molar-refractivity contribution in [2.75, 3.05) is 32.7 Å². The molecule has 0 aliphatic rings. The molecule has 0 saturated carbocycles. The minimum atomic E-state index is 0. The predicted octanol–water partition coefficient (Wildman–Crippen LogP) is 3.25. The largest absolute Gasteiger partial charge is 0.493 e. The number of nitrogens with one attached hydrogen (secondary N) is 1. The molecule has 1 heterocycles. The van der Waals surface area contributed by atoms with Gasteiger partial charge in [0.1, 0.15) is 12.4 Å². The molecule has 0 saturated heterocycles. The number of anilines is 1. The fraction of sp³-hybridized carbons (Fsp3) is 0.353. The number of halogens is 1. The van der Waals surface area contributed by atoms with Crippen molar-refractivity contribution in [3.63, 3.8) is 0 Å². The van der Waals surface area contributed by atoms with Gasteiger partial charge in [-0.15, -0.1) is 24.0 Å². The van der Waals surface area contributed by atoms with Gasteiger partial charge in [-0.05, 0) is 30.7 Å². The van der Waals surface area contributed by atoms with Crippen LogP contribution in [0.2, 0.25) is 0 Å². The Morgan fingerprint density at radius 1 is 1.20 bits per heavy atom. The molecule has 0 radical (unpaired) electrons. The van der Waals surface area contributed by atoms with Crippen molar-refractivity contribution in [1.82, 2.24) is 0 Å². The van der Waals surface area contributed by atoms with Crippen molar-refractivity contribution in [2.45, 2.75) is 13.0 Å². The fourth-order valence-electron chi connectivity index (χ4n) is 2.03. The van der Waals surface area contributed by atoms with Crippen LogP contribution < -0.4 is 20.5 Å². The van der Waals surface area contributed by atoms with Crippen LogP contribution in [0.15, 0.2) is 46.0 Å². The Labute approximate surface area is 164 Å². The molecule has 8 heteroatoms. The van der Waals surface area contributed by atoms with E-state index >= 15 is 0 Å². The van der Waals surface area contributed by atoms with Gasteiger partial charge in [-0.25, -0.2) is 0 Å². The van der Waals surface area contributed by atoms with E-state index in [0.29, 0.717) is 37.2 Å². The fourth-order valence-corrected chi connectivity index (χ4v) is 2.03. The third-order valence-corrected chi connectivity index (χ3v) is 3.21. The molecule has 0 atom stereocenters. The van der Waals surface area contributed by atoms with Crippen molar-refractivity contribution in [1.29, 1.82) is 0 Å². The minimum Gasteiger partial charge on any atom is -0.493 e. The molecule has 0 unspecified atom stereocenters. The Balaban J connectivity index is 0.00000312. The summed E-state index contributed by atoms with van der Waals surface area (Å²) in [6.07, 6.45) is 2.40. The highest BCUT2D eigenvalue weighted by atomic mass is 127. The predicted molar refractivity (Wildman–Crippen MR) is 108 cm³/mol. The molecule has 7 nitrogen and oxygen atoms in total. The molecule has 0 spiro atoms. The lowest BCUT2D eigenvalue weighted by Crippen LogP contribution is -2.23. The summed E-state index contributed by atoms with van der Waals surface area (Å²) in [5, 5.41) is 3.02. The average molecular weight is 461 g/mol. The Kier molecular flexibility index (Phi) is 9.78. The molecular weight excluding hydrogens is 437 g/mol. The summed E-state index contributed by atoms with van der Waals surface area (Å²) in [7, 11) is 3.18. The van der Waals surface area contributed by atoms with Crippen molar-refractivity contribution < 1.29 is 18.6 Å². The Hall–Kier alpha value is -1.94. The molecule has 138 valence electrons. The smallest absolute Gasteiger partial charge is 0.193 e. The first-order valence-electron chi connectivity index (χ1n) is 7.62. The van der Waals surface area contributed by atoms with E-state index in [1.807, 2.05) is 18.2 Å². The first-order chi connectivity index (χ1) is 11.7. The summed E-state index contributed by atoms with van der Waals surface area (Å²) in [6.45, 7) is 1.63. The number of benzene rings is 1. The Morgan fingerprint density at radius 2 is 2.00 bits per heavy atom. The highest BCUT2D eigenvalue weighted by Crippen LogP contribution is 2.29. The highest BCUT2D eigenvalue weighted by Gasteiger charge is 2.05. The summed E-state index contributed by atoms with van der Waals surface area (Å²) in [5.41, 5.74) is 6.65. The lowest BCUT2D eigenvalue weighted by Gasteiger charge is -2.10. The van der Waals surface area contributed by atoms with Crippen LogP contribution in [0.4, 0.5) is 5.69 Å². The highest BCUT2D eigenvalue weighted by molar-refractivity contribution is 14.0. The van der Waals surface area contributed by atoms with Gasteiger partial charge in [0.05, 0.1) is 20.5 Å². The van der Waals surface area contributed by atoms with Gasteiger partial charge in [-0.1, -0.05) is 0 Å². The molecule has 0 bridgehead atoms. The third-order valence-electron chi connectivity index (χ3n) is 3.21. The van der Waals surface area contributed by atoms with Crippen LogP contribution in [0.3, 0.4) is 0 Å². The molecular formula is C17H24IN3O4. The first kappa shape index (κ1) is 21.1. The standard InChI is InChI=1S/C17H23N3O4.HI/c1-21-15-7-6-13(11-16(15)22-2)20-17(18)19-8-4-9-23-12-14-5-3-10-24-14;/h3,5-7,10-11H,4,8-9,12H2,1-2H3,(H3,18,19,20);1H. The molecule has 0 aliphatic heterocycles. The molecule has 2 rings (SSSR count). The van der Waals surface area contributed by atoms with Crippen LogP contribution in [-0.4, -0.2) is 33.3 Å². The van der Waals surface area contributed by atoms with E-state index in [-0.39, 0.29) is 24.0 Å². The van der Waals surface area contributed by atoms with Crippen LogP contribution in [0, 0.1) is 0 Å². The Bertz CT molecular complexity index is 647. The van der Waals surface area contributed by atoms with E-state index in [1.165, 1.54) is 0 Å². The van der Waals surface area contributed by atoms with Crippen LogP contribution >= 0.6 is 24.0 Å². The topological polar surface area (TPSA) is 91.2 Å². The minimum absolute atomic E-state index is 0. The number of ether oxygens (including phenoxy) is 3. The van der Waals surface area contributed by atoms with Gasteiger partial charge < -0.3 is 29.7 Å². The van der Waals surface area contributed by atoms with Crippen molar-refractivity contribution in [2.24, 2.45) is 10.7 Å². The first-order valence-corrected chi connectivity index (χ1v) is 7.62. The number of aliphatic imine (C=N–C) groups is 1. The summed E-state index contributed by atoms with van der Waals surface area (Å²) in [5.74, 6) is 2.44. The molecule has 2 aromatic rings. The van der Waals surface area contributed by atoms with Crippen LogP contribution in [-0.2, 0) is 11.3 Å². The second-order valence-electron chi connectivity index (χ2n) is 4.95. The Morgan fingerprint density at radius 3 is 2.68 bits per heavy atom. The third kappa shape index (κ3) is 7.22. The number of nitrogens with zero attached hydrogens (tertiary/aromatic N) is 1. The maximum atomic E-state index is 5.87. The number of hydrogen-bond donors (Lipinski definition) is 2. The quantitative estimate of drug-likeness (QED) is 0.258. The van der Waals surface area contributed by atoms with Gasteiger partial charge in [-0.3, -0.25) is 4.99 Å². The molecule has 1 aromatic heterocycles. The van der Waals surface area contributed by atoms with E-state index in [1.54, 1.807) is 32.6 Å². The van der Waals surface area contributed by atoms with E-state index in [9.17, 15) is 0 Å². The molecule has 3 N–H and O–H groups in total. The molecule has 1 aromatic carbocycles. The zero-order valence-electron chi connectivity index (χ0n) is 14.4. The number of nitrogens with two attached hydrogens (primary N) is 1. The number of furan rings is 1. The second-order valence-corrected chi connectivity index (χ2v) is 4.95. The number of methoxy groups -OCH3 is 2. The summed E-state index contributed by atoms with van der Waals surface area (Å²) >= 11 is 0. The number of guanidine groups is 1. The SMILES string of the molecule is COc1ccc(NC(N)=NCCCOCc2ccco2)cc1OC.I. The van der Waals surface area contributed by atoms with Crippen molar-refractivity contribution in [3.8, 4) is 11.5 Å². The summed E-state index contributed by atoms with van der Waals surface area (Å²) < 4.78 is 21.1. The van der Waals surface area contributed by atoms with Crippen LogP contribution in [0.1, 0.15) is 12.2 Å². The average Bonchev–Trinajstić information content (AvgIpc) is 3.11. The lowest BCUT2D eigenvalue weighted by molar-refractivity contribution is 0.105. The summed E-state index contributed by atoms with van der Waals surface area (Å²) in [6, 6.07) is 9.16. The normalized spacial score (nSPS) is 10.9. The number of rotatable bonds is 9. The van der Waals surface area contributed by atoms with E-state index in [2.05, 4.69) is 10.3 Å². The van der Waals surface area contributed by atoms with Crippen LogP contribution in [0.25, 0.3) is 0 Å². The maximum absolute atomic E-state index is 5.87. The van der Waals surface area contributed by atoms with Gasteiger partial charge in [0.25, 0.3) is 0 Å². The van der Waals surface area contributed by atoms with E-state index < -0.39 is 0 Å². The zero-order valence-corrected chi connectivity index (χ0v) is 16.7. The van der Waals surface area contributed by atoms with Gasteiger partial charge in [0.2, 0.25) is 0 Å². The van der Waals surface area contributed by atoms with E-state index in [0.717, 1.165) is 17.9 Å². The van der Waals surface area contributed by atoms with E-state index in [4.69, 9.17) is 24.4 Å². The van der Waals surface area contributed by atoms with Gasteiger partial charge >= 0.3 is 0 Å². The molecule has 25 heavy (non-hydrogen) atoms. The van der Waals surface area contributed by atoms with Gasteiger partial charge in [0.15, 0.2) is 17.5 Å². The van der Waals surface area contributed by atoms with Crippen molar-refractivity contribution in [3.05, 3.63) is 42.4 Å². The van der Waals surface area contributed by atoms with Gasteiger partial charge in [0, 0.05) is 24.9 Å². The molecule has 0 aliphatic carbocycles. The molecule has 0 fully saturated rings. The van der Waals surface area contributed by atoms with Crippen LogP contribution in [0.5, 0.6) is 11.5 Å². The molecule has 0 amide bonds. The summed E-state index contributed by atoms with van der Waals surface area (Å²) in [4.78, 5) is 4.26. The second kappa shape index (κ2) is 11.6. The monoisotopic (exact) mass is 461 g/mol. The lowest BCUT2D eigenvalue weighted by atomic mass is 10.3. The number of hydrogen-bond acceptors (Lipinski definition) is 5. The maximum Gasteiger partial charge on any atom is 0.193 e. The van der Waals surface area contributed by atoms with Gasteiger partial charge in [-0.2, -0.15) is 0 Å². The zero-order chi connectivity index (χ0) is 17.2. The van der Waals surface area contributed by atoms with Crippen molar-refractivity contribution >= 4 is 35.6 Å².